The molecule has 0 radical (unpaired) electrons. The molecule has 0 atom stereocenters. The standard InChI is InChI=1S/C17H14ClN3O2S2/c1-23-14-6-4-11(18)9-13(14)19-16(22)10-25-17-7-5-12(20-21-17)15-3-2-8-24-15/h2-9H,10H2,1H3,(H,19,22). The molecular weight excluding hydrogens is 378 g/mol. The van der Waals surface area contributed by atoms with Crippen LogP contribution in [0.2, 0.25) is 5.02 Å². The summed E-state index contributed by atoms with van der Waals surface area (Å²) in [5.74, 6) is 0.598. The molecule has 5 nitrogen and oxygen atoms in total. The van der Waals surface area contributed by atoms with Crippen molar-refractivity contribution in [3.8, 4) is 16.3 Å². The van der Waals surface area contributed by atoms with E-state index >= 15 is 0 Å². The lowest BCUT2D eigenvalue weighted by Crippen LogP contribution is -2.14. The quantitative estimate of drug-likeness (QED) is 0.622. The molecule has 0 spiro atoms. The van der Waals surface area contributed by atoms with Crippen LogP contribution in [0, 0.1) is 0 Å². The van der Waals surface area contributed by atoms with Crippen LogP contribution in [0.3, 0.4) is 0 Å². The van der Waals surface area contributed by atoms with Gasteiger partial charge in [0.05, 0.1) is 23.4 Å². The molecule has 1 amide bonds. The van der Waals surface area contributed by atoms with Gasteiger partial charge in [0.1, 0.15) is 16.5 Å². The number of anilines is 1. The predicted molar refractivity (Wildman–Crippen MR) is 103 cm³/mol. The number of thioether (sulfide) groups is 1. The molecule has 0 aliphatic carbocycles. The second-order valence-corrected chi connectivity index (χ2v) is 7.30. The Morgan fingerprint density at radius 2 is 2.16 bits per heavy atom. The summed E-state index contributed by atoms with van der Waals surface area (Å²) >= 11 is 8.88. The number of halogens is 1. The molecule has 2 heterocycles. The fourth-order valence-electron chi connectivity index (χ4n) is 2.06. The highest BCUT2D eigenvalue weighted by atomic mass is 35.5. The Morgan fingerprint density at radius 1 is 1.28 bits per heavy atom. The molecule has 128 valence electrons. The first-order valence-corrected chi connectivity index (χ1v) is 9.54. The van der Waals surface area contributed by atoms with E-state index in [9.17, 15) is 4.79 Å². The largest absolute Gasteiger partial charge is 0.495 e. The average molecular weight is 392 g/mol. The molecule has 0 unspecified atom stereocenters. The smallest absolute Gasteiger partial charge is 0.234 e. The Hall–Kier alpha value is -2.09. The van der Waals surface area contributed by atoms with Crippen LogP contribution in [0.1, 0.15) is 0 Å². The number of methoxy groups -OCH3 is 1. The number of carbonyl (C=O) groups is 1. The average Bonchev–Trinajstić information content (AvgIpc) is 3.15. The molecule has 2 aromatic heterocycles. The number of hydrogen-bond acceptors (Lipinski definition) is 6. The Bertz CT molecular complexity index is 855. The molecule has 0 aliphatic rings. The van der Waals surface area contributed by atoms with Crippen molar-refractivity contribution >= 4 is 46.3 Å². The van der Waals surface area contributed by atoms with Crippen molar-refractivity contribution in [1.29, 1.82) is 0 Å². The highest BCUT2D eigenvalue weighted by molar-refractivity contribution is 7.99. The minimum atomic E-state index is -0.172. The van der Waals surface area contributed by atoms with E-state index in [2.05, 4.69) is 15.5 Å². The molecular formula is C17H14ClN3O2S2. The van der Waals surface area contributed by atoms with Crippen molar-refractivity contribution in [2.75, 3.05) is 18.2 Å². The molecule has 0 aliphatic heterocycles. The van der Waals surface area contributed by atoms with Gasteiger partial charge in [0.15, 0.2) is 0 Å². The van der Waals surface area contributed by atoms with Crippen LogP contribution in [0.5, 0.6) is 5.75 Å². The van der Waals surface area contributed by atoms with E-state index in [1.54, 1.807) is 36.6 Å². The lowest BCUT2D eigenvalue weighted by Gasteiger charge is -2.10. The van der Waals surface area contributed by atoms with Crippen LogP contribution in [0.25, 0.3) is 10.6 Å². The molecule has 25 heavy (non-hydrogen) atoms. The summed E-state index contributed by atoms with van der Waals surface area (Å²) in [5, 5.41) is 14.3. The molecule has 0 saturated carbocycles. The van der Waals surface area contributed by atoms with E-state index in [0.717, 1.165) is 10.6 Å². The third-order valence-corrected chi connectivity index (χ3v) is 5.25. The highest BCUT2D eigenvalue weighted by Crippen LogP contribution is 2.28. The zero-order valence-electron chi connectivity index (χ0n) is 13.2. The van der Waals surface area contributed by atoms with Gasteiger partial charge in [-0.2, -0.15) is 0 Å². The monoisotopic (exact) mass is 391 g/mol. The summed E-state index contributed by atoms with van der Waals surface area (Å²) in [6.07, 6.45) is 0. The maximum absolute atomic E-state index is 12.1. The fourth-order valence-corrected chi connectivity index (χ4v) is 3.53. The summed E-state index contributed by atoms with van der Waals surface area (Å²) < 4.78 is 5.21. The van der Waals surface area contributed by atoms with Gasteiger partial charge < -0.3 is 10.1 Å². The van der Waals surface area contributed by atoms with E-state index < -0.39 is 0 Å². The van der Waals surface area contributed by atoms with E-state index in [0.29, 0.717) is 21.5 Å². The molecule has 1 aromatic carbocycles. The third kappa shape index (κ3) is 4.72. The van der Waals surface area contributed by atoms with Crippen molar-refractivity contribution < 1.29 is 9.53 Å². The minimum Gasteiger partial charge on any atom is -0.495 e. The zero-order chi connectivity index (χ0) is 17.6. The predicted octanol–water partition coefficient (Wildman–Crippen LogP) is 4.60. The van der Waals surface area contributed by atoms with Gasteiger partial charge in [-0.1, -0.05) is 29.4 Å². The third-order valence-electron chi connectivity index (χ3n) is 3.20. The Kier molecular flexibility index (Phi) is 5.91. The Labute approximate surface area is 158 Å². The van der Waals surface area contributed by atoms with Gasteiger partial charge >= 0.3 is 0 Å². The van der Waals surface area contributed by atoms with Crippen LogP contribution < -0.4 is 10.1 Å². The van der Waals surface area contributed by atoms with Crippen LogP contribution >= 0.6 is 34.7 Å². The number of rotatable bonds is 6. The Morgan fingerprint density at radius 3 is 2.84 bits per heavy atom. The summed E-state index contributed by atoms with van der Waals surface area (Å²) in [5.41, 5.74) is 1.37. The van der Waals surface area contributed by atoms with Crippen molar-refractivity contribution in [1.82, 2.24) is 10.2 Å². The normalized spacial score (nSPS) is 10.5. The highest BCUT2D eigenvalue weighted by Gasteiger charge is 2.10. The topological polar surface area (TPSA) is 64.1 Å². The van der Waals surface area contributed by atoms with E-state index in [4.69, 9.17) is 16.3 Å². The van der Waals surface area contributed by atoms with Crippen molar-refractivity contribution in [2.45, 2.75) is 5.03 Å². The summed E-state index contributed by atoms with van der Waals surface area (Å²) in [7, 11) is 1.54. The van der Waals surface area contributed by atoms with Crippen LogP contribution in [0.15, 0.2) is 52.9 Å². The number of thiophene rings is 1. The summed E-state index contributed by atoms with van der Waals surface area (Å²) in [6.45, 7) is 0. The van der Waals surface area contributed by atoms with E-state index in [1.165, 1.54) is 11.8 Å². The molecule has 8 heteroatoms. The molecule has 3 aromatic rings. The van der Waals surface area contributed by atoms with Gasteiger partial charge in [0, 0.05) is 5.02 Å². The van der Waals surface area contributed by atoms with Gasteiger partial charge in [-0.05, 0) is 41.8 Å². The Balaban J connectivity index is 1.58. The fraction of sp³-hybridized carbons (Fsp3) is 0.118. The zero-order valence-corrected chi connectivity index (χ0v) is 15.6. The SMILES string of the molecule is COc1ccc(Cl)cc1NC(=O)CSc1ccc(-c2cccs2)nn1. The molecule has 1 N–H and O–H groups in total. The number of aromatic nitrogens is 2. The van der Waals surface area contributed by atoms with E-state index in [1.807, 2.05) is 29.6 Å². The summed E-state index contributed by atoms with van der Waals surface area (Å²) in [6, 6.07) is 12.8. The molecule has 0 fully saturated rings. The number of benzene rings is 1. The lowest BCUT2D eigenvalue weighted by atomic mass is 10.3. The maximum atomic E-state index is 12.1. The van der Waals surface area contributed by atoms with E-state index in [-0.39, 0.29) is 11.7 Å². The minimum absolute atomic E-state index is 0.172. The number of amides is 1. The molecule has 0 bridgehead atoms. The molecule has 0 saturated heterocycles. The van der Waals surface area contributed by atoms with Crippen molar-refractivity contribution in [3.63, 3.8) is 0 Å². The number of carbonyl (C=O) groups excluding carboxylic acids is 1. The number of hydrogen-bond donors (Lipinski definition) is 1. The van der Waals surface area contributed by atoms with Gasteiger partial charge in [0.2, 0.25) is 5.91 Å². The number of nitrogens with zero attached hydrogens (tertiary/aromatic N) is 2. The maximum Gasteiger partial charge on any atom is 0.234 e. The lowest BCUT2D eigenvalue weighted by molar-refractivity contribution is -0.113. The second-order valence-electron chi connectivity index (χ2n) is 4.92. The van der Waals surface area contributed by atoms with Crippen LogP contribution in [-0.4, -0.2) is 29.0 Å². The first-order chi connectivity index (χ1) is 12.2. The van der Waals surface area contributed by atoms with Crippen LogP contribution in [-0.2, 0) is 4.79 Å². The number of nitrogens with one attached hydrogen (secondary N) is 1. The van der Waals surface area contributed by atoms with Gasteiger partial charge in [-0.25, -0.2) is 0 Å². The molecule has 3 rings (SSSR count). The first-order valence-electron chi connectivity index (χ1n) is 7.29. The number of ether oxygens (including phenoxy) is 1. The second kappa shape index (κ2) is 8.33. The van der Waals surface area contributed by atoms with Crippen molar-refractivity contribution in [2.24, 2.45) is 0 Å². The van der Waals surface area contributed by atoms with Crippen LogP contribution in [0.4, 0.5) is 5.69 Å². The van der Waals surface area contributed by atoms with Gasteiger partial charge in [-0.15, -0.1) is 21.5 Å². The van der Waals surface area contributed by atoms with Crippen molar-refractivity contribution in [3.05, 3.63) is 52.9 Å². The summed E-state index contributed by atoms with van der Waals surface area (Å²) in [4.78, 5) is 13.2. The first kappa shape index (κ1) is 17.7. The van der Waals surface area contributed by atoms with Gasteiger partial charge in [0.25, 0.3) is 0 Å². The van der Waals surface area contributed by atoms with Gasteiger partial charge in [-0.3, -0.25) is 4.79 Å².